The molecule has 1 aliphatic carbocycles. The maximum Gasteiger partial charge on any atom is 0.0419 e. The average Bonchev–Trinajstić information content (AvgIpc) is 2.85. The number of nitrogens with one attached hydrogen (secondary N) is 1. The lowest BCUT2D eigenvalue weighted by molar-refractivity contribution is 0.388. The lowest BCUT2D eigenvalue weighted by Gasteiger charge is -2.21. The van der Waals surface area contributed by atoms with Gasteiger partial charge in [0.1, 0.15) is 0 Å². The Morgan fingerprint density at radius 3 is 2.78 bits per heavy atom. The highest BCUT2D eigenvalue weighted by atomic mass is 79.9. The number of aromatic nitrogens is 1. The summed E-state index contributed by atoms with van der Waals surface area (Å²) in [5, 5.41) is 3.62. The van der Waals surface area contributed by atoms with Crippen LogP contribution in [0.15, 0.2) is 22.8 Å². The normalized spacial score (nSPS) is 18.1. The molecule has 1 atom stereocenters. The van der Waals surface area contributed by atoms with E-state index in [2.05, 4.69) is 45.3 Å². The number of rotatable bonds is 6. The van der Waals surface area contributed by atoms with Crippen LogP contribution in [0.4, 0.5) is 0 Å². The van der Waals surface area contributed by atoms with Crippen molar-refractivity contribution in [2.24, 2.45) is 5.92 Å². The molecule has 1 aliphatic rings. The van der Waals surface area contributed by atoms with Crippen LogP contribution in [0.1, 0.15) is 44.7 Å². The van der Waals surface area contributed by atoms with Crippen molar-refractivity contribution < 1.29 is 0 Å². The van der Waals surface area contributed by atoms with Crippen LogP contribution in [0, 0.1) is 5.92 Å². The maximum absolute atomic E-state index is 4.49. The second-order valence-corrected chi connectivity index (χ2v) is 6.23. The van der Waals surface area contributed by atoms with E-state index in [9.17, 15) is 0 Å². The second kappa shape index (κ2) is 7.25. The molecule has 1 heterocycles. The Morgan fingerprint density at radius 2 is 2.17 bits per heavy atom. The number of halogens is 1. The van der Waals surface area contributed by atoms with Crippen molar-refractivity contribution in [2.45, 2.75) is 51.5 Å². The minimum atomic E-state index is 0.590. The molecule has 0 radical (unpaired) electrons. The zero-order valence-corrected chi connectivity index (χ0v) is 12.7. The lowest BCUT2D eigenvalue weighted by Crippen LogP contribution is -2.33. The molecule has 1 saturated carbocycles. The second-order valence-electron chi connectivity index (χ2n) is 5.31. The Kier molecular flexibility index (Phi) is 5.64. The Balaban J connectivity index is 1.90. The van der Waals surface area contributed by atoms with Gasteiger partial charge in [-0.1, -0.05) is 32.6 Å². The van der Waals surface area contributed by atoms with Gasteiger partial charge in [0.15, 0.2) is 0 Å². The summed E-state index contributed by atoms with van der Waals surface area (Å²) in [5.41, 5.74) is 1.20. The van der Waals surface area contributed by atoms with Crippen LogP contribution < -0.4 is 5.32 Å². The third-order valence-corrected chi connectivity index (χ3v) is 4.30. The highest BCUT2D eigenvalue weighted by Gasteiger charge is 2.20. The van der Waals surface area contributed by atoms with Crippen LogP contribution in [0.2, 0.25) is 0 Å². The van der Waals surface area contributed by atoms with E-state index >= 15 is 0 Å². The predicted octanol–water partition coefficient (Wildman–Crippen LogP) is 3.95. The smallest absolute Gasteiger partial charge is 0.0419 e. The first-order chi connectivity index (χ1) is 8.78. The molecule has 2 nitrogen and oxygen atoms in total. The van der Waals surface area contributed by atoms with Crippen molar-refractivity contribution in [1.82, 2.24) is 10.3 Å². The Bertz CT molecular complexity index is 344. The van der Waals surface area contributed by atoms with Gasteiger partial charge in [0.2, 0.25) is 0 Å². The van der Waals surface area contributed by atoms with Gasteiger partial charge in [0.25, 0.3) is 0 Å². The summed E-state index contributed by atoms with van der Waals surface area (Å²) >= 11 is 3.44. The first-order valence-corrected chi connectivity index (χ1v) is 7.91. The van der Waals surface area contributed by atoms with Gasteiger partial charge in [-0.05, 0) is 46.9 Å². The molecule has 1 fully saturated rings. The van der Waals surface area contributed by atoms with Crippen molar-refractivity contribution >= 4 is 15.9 Å². The third-order valence-electron chi connectivity index (χ3n) is 3.83. The fourth-order valence-electron chi connectivity index (χ4n) is 2.96. The first-order valence-electron chi connectivity index (χ1n) is 7.11. The molecule has 100 valence electrons. The monoisotopic (exact) mass is 310 g/mol. The Morgan fingerprint density at radius 1 is 1.39 bits per heavy atom. The maximum atomic E-state index is 4.49. The SMILES string of the molecule is CCNC(Cc1ccc(Br)cn1)CC1CCCC1. The van der Waals surface area contributed by atoms with Crippen molar-refractivity contribution in [3.63, 3.8) is 0 Å². The van der Waals surface area contributed by atoms with Crippen molar-refractivity contribution in [3.8, 4) is 0 Å². The van der Waals surface area contributed by atoms with Gasteiger partial charge in [0, 0.05) is 28.8 Å². The van der Waals surface area contributed by atoms with Gasteiger partial charge in [0.05, 0.1) is 0 Å². The standard InChI is InChI=1S/C15H23BrN2/c1-2-17-15(9-12-5-3-4-6-12)10-14-8-7-13(16)11-18-14/h7-8,11-12,15,17H,2-6,9-10H2,1H3. The average molecular weight is 311 g/mol. The van der Waals surface area contributed by atoms with Crippen LogP contribution in [0.25, 0.3) is 0 Å². The third kappa shape index (κ3) is 4.36. The first kappa shape index (κ1) is 14.0. The van der Waals surface area contributed by atoms with Crippen molar-refractivity contribution in [1.29, 1.82) is 0 Å². The van der Waals surface area contributed by atoms with E-state index in [-0.39, 0.29) is 0 Å². The fourth-order valence-corrected chi connectivity index (χ4v) is 3.19. The quantitative estimate of drug-likeness (QED) is 0.860. The molecule has 0 saturated heterocycles. The molecule has 3 heteroatoms. The molecule has 0 aliphatic heterocycles. The molecule has 18 heavy (non-hydrogen) atoms. The summed E-state index contributed by atoms with van der Waals surface area (Å²) in [5.74, 6) is 0.935. The van der Waals surface area contributed by atoms with Gasteiger partial charge in [-0.2, -0.15) is 0 Å². The highest BCUT2D eigenvalue weighted by Crippen LogP contribution is 2.29. The molecule has 2 rings (SSSR count). The summed E-state index contributed by atoms with van der Waals surface area (Å²) in [4.78, 5) is 4.49. The summed E-state index contributed by atoms with van der Waals surface area (Å²) in [6.07, 6.45) is 9.97. The molecular weight excluding hydrogens is 288 g/mol. The predicted molar refractivity (Wildman–Crippen MR) is 79.7 cm³/mol. The van der Waals surface area contributed by atoms with Gasteiger partial charge in [-0.3, -0.25) is 4.98 Å². The highest BCUT2D eigenvalue weighted by molar-refractivity contribution is 9.10. The molecule has 0 spiro atoms. The molecule has 0 amide bonds. The topological polar surface area (TPSA) is 24.9 Å². The van der Waals surface area contributed by atoms with Crippen LogP contribution in [-0.4, -0.2) is 17.6 Å². The molecule has 0 bridgehead atoms. The zero-order valence-electron chi connectivity index (χ0n) is 11.2. The summed E-state index contributed by atoms with van der Waals surface area (Å²) in [6, 6.07) is 4.80. The Labute approximate surface area is 119 Å². The van der Waals surface area contributed by atoms with Gasteiger partial charge >= 0.3 is 0 Å². The van der Waals surface area contributed by atoms with E-state index in [1.807, 2.05) is 6.20 Å². The zero-order chi connectivity index (χ0) is 12.8. The fraction of sp³-hybridized carbons (Fsp3) is 0.667. The number of hydrogen-bond acceptors (Lipinski definition) is 2. The van der Waals surface area contributed by atoms with E-state index < -0.39 is 0 Å². The van der Waals surface area contributed by atoms with E-state index in [0.29, 0.717) is 6.04 Å². The number of likely N-dealkylation sites (N-methyl/N-ethyl adjacent to an activating group) is 1. The molecule has 1 unspecified atom stereocenters. The van der Waals surface area contributed by atoms with E-state index in [1.54, 1.807) is 0 Å². The van der Waals surface area contributed by atoms with E-state index in [1.165, 1.54) is 37.8 Å². The van der Waals surface area contributed by atoms with Crippen LogP contribution >= 0.6 is 15.9 Å². The molecule has 0 aromatic carbocycles. The molecule has 1 aromatic heterocycles. The van der Waals surface area contributed by atoms with Crippen LogP contribution in [0.5, 0.6) is 0 Å². The van der Waals surface area contributed by atoms with Crippen molar-refractivity contribution in [2.75, 3.05) is 6.54 Å². The summed E-state index contributed by atoms with van der Waals surface area (Å²) in [6.45, 7) is 3.24. The summed E-state index contributed by atoms with van der Waals surface area (Å²) < 4.78 is 1.06. The van der Waals surface area contributed by atoms with Gasteiger partial charge in [-0.15, -0.1) is 0 Å². The van der Waals surface area contributed by atoms with Crippen LogP contribution in [0.3, 0.4) is 0 Å². The number of hydrogen-bond donors (Lipinski definition) is 1. The largest absolute Gasteiger partial charge is 0.314 e. The molecule has 1 N–H and O–H groups in total. The van der Waals surface area contributed by atoms with E-state index in [0.717, 1.165) is 23.4 Å². The lowest BCUT2D eigenvalue weighted by atomic mass is 9.95. The number of nitrogens with zero attached hydrogens (tertiary/aromatic N) is 1. The minimum Gasteiger partial charge on any atom is -0.314 e. The Hall–Kier alpha value is -0.410. The summed E-state index contributed by atoms with van der Waals surface area (Å²) in [7, 11) is 0. The number of pyridine rings is 1. The van der Waals surface area contributed by atoms with E-state index in [4.69, 9.17) is 0 Å². The van der Waals surface area contributed by atoms with Gasteiger partial charge in [-0.25, -0.2) is 0 Å². The minimum absolute atomic E-state index is 0.590. The van der Waals surface area contributed by atoms with Crippen LogP contribution in [-0.2, 0) is 6.42 Å². The van der Waals surface area contributed by atoms with Gasteiger partial charge < -0.3 is 5.32 Å². The van der Waals surface area contributed by atoms with Crippen molar-refractivity contribution in [3.05, 3.63) is 28.5 Å². The molecule has 1 aromatic rings. The molecular formula is C15H23BrN2.